The lowest BCUT2D eigenvalue weighted by Crippen LogP contribution is -2.35. The van der Waals surface area contributed by atoms with E-state index in [1.165, 1.54) is 37.0 Å². The lowest BCUT2D eigenvalue weighted by Gasteiger charge is -2.23. The van der Waals surface area contributed by atoms with Gasteiger partial charge in [-0.1, -0.05) is 19.3 Å². The molecule has 1 fully saturated rings. The molecule has 0 bridgehead atoms. The first-order chi connectivity index (χ1) is 15.2. The molecule has 0 radical (unpaired) electrons. The van der Waals surface area contributed by atoms with Gasteiger partial charge in [-0.15, -0.1) is 11.3 Å². The Bertz CT molecular complexity index is 822. The molecule has 0 unspecified atom stereocenters. The standard InChI is InChI=1S/C19H26N4OS.C2HF3O2/c24-19(14-23-10-4-2-1-3-5-11-23)22-17-8-6-16(7-9-17)21-13-18-12-20-15-25-18;3-2(4,5)1(6)7/h6-9,12,15,21H,1-5,10-11,13-14H2,(H,22,24);(H,6,7). The summed E-state index contributed by atoms with van der Waals surface area (Å²) in [6.07, 6.45) is 3.10. The molecule has 0 aliphatic carbocycles. The van der Waals surface area contributed by atoms with Gasteiger partial charge in [0.15, 0.2) is 0 Å². The fraction of sp³-hybridized carbons (Fsp3) is 0.476. The van der Waals surface area contributed by atoms with E-state index < -0.39 is 12.1 Å². The Morgan fingerprint density at radius 1 is 1.03 bits per heavy atom. The van der Waals surface area contributed by atoms with Gasteiger partial charge in [-0.2, -0.15) is 13.2 Å². The molecule has 1 aliphatic heterocycles. The third kappa shape index (κ3) is 10.1. The fourth-order valence-corrected chi connectivity index (χ4v) is 3.60. The van der Waals surface area contributed by atoms with Gasteiger partial charge in [0.1, 0.15) is 0 Å². The van der Waals surface area contributed by atoms with Crippen LogP contribution in [0.3, 0.4) is 0 Å². The monoisotopic (exact) mass is 472 g/mol. The number of nitrogens with zero attached hydrogens (tertiary/aromatic N) is 2. The van der Waals surface area contributed by atoms with E-state index in [1.807, 2.05) is 36.0 Å². The highest BCUT2D eigenvalue weighted by molar-refractivity contribution is 7.09. The van der Waals surface area contributed by atoms with E-state index >= 15 is 0 Å². The lowest BCUT2D eigenvalue weighted by molar-refractivity contribution is -0.192. The molecule has 1 aromatic heterocycles. The zero-order valence-corrected chi connectivity index (χ0v) is 18.3. The molecule has 1 saturated heterocycles. The molecule has 7 nitrogen and oxygen atoms in total. The number of carboxylic acid groups (broad SMARTS) is 1. The third-order valence-corrected chi connectivity index (χ3v) is 5.46. The number of benzene rings is 1. The summed E-state index contributed by atoms with van der Waals surface area (Å²) in [6, 6.07) is 7.88. The average Bonchev–Trinajstić information content (AvgIpc) is 3.23. The number of rotatable bonds is 6. The summed E-state index contributed by atoms with van der Waals surface area (Å²) in [4.78, 5) is 28.7. The summed E-state index contributed by atoms with van der Waals surface area (Å²) < 4.78 is 31.7. The SMILES string of the molecule is O=C(CN1CCCCCCC1)Nc1ccc(NCc2cncs2)cc1.O=C(O)C(F)(F)F. The number of alkyl halides is 3. The van der Waals surface area contributed by atoms with E-state index in [2.05, 4.69) is 20.5 Å². The second-order valence-electron chi connectivity index (χ2n) is 7.29. The molecule has 1 amide bonds. The van der Waals surface area contributed by atoms with Crippen molar-refractivity contribution in [2.75, 3.05) is 30.3 Å². The normalized spacial score (nSPS) is 15.0. The maximum Gasteiger partial charge on any atom is 0.490 e. The number of carboxylic acids is 1. The summed E-state index contributed by atoms with van der Waals surface area (Å²) in [5.74, 6) is -2.68. The first kappa shape index (κ1) is 25.6. The average molecular weight is 473 g/mol. The van der Waals surface area contributed by atoms with E-state index in [4.69, 9.17) is 9.90 Å². The molecule has 0 atom stereocenters. The van der Waals surface area contributed by atoms with Gasteiger partial charge in [0.2, 0.25) is 5.91 Å². The third-order valence-electron chi connectivity index (χ3n) is 4.68. The molecule has 2 aromatic rings. The van der Waals surface area contributed by atoms with Crippen LogP contribution in [0, 0.1) is 0 Å². The van der Waals surface area contributed by atoms with Crippen molar-refractivity contribution in [2.24, 2.45) is 0 Å². The Morgan fingerprint density at radius 3 is 2.12 bits per heavy atom. The Hall–Kier alpha value is -2.66. The van der Waals surface area contributed by atoms with Gasteiger partial charge in [0.25, 0.3) is 0 Å². The summed E-state index contributed by atoms with van der Waals surface area (Å²) in [5.41, 5.74) is 3.72. The second kappa shape index (κ2) is 13.0. The predicted octanol–water partition coefficient (Wildman–Crippen LogP) is 4.59. The number of likely N-dealkylation sites (tertiary alicyclic amines) is 1. The van der Waals surface area contributed by atoms with Crippen molar-refractivity contribution in [1.29, 1.82) is 0 Å². The summed E-state index contributed by atoms with van der Waals surface area (Å²) >= 11 is 1.64. The Kier molecular flexibility index (Phi) is 10.4. The van der Waals surface area contributed by atoms with Crippen molar-refractivity contribution in [1.82, 2.24) is 9.88 Å². The molecular weight excluding hydrogens is 445 g/mol. The van der Waals surface area contributed by atoms with Crippen molar-refractivity contribution < 1.29 is 27.9 Å². The van der Waals surface area contributed by atoms with Crippen LogP contribution in [0.1, 0.15) is 37.0 Å². The molecule has 1 aromatic carbocycles. The number of thiazole rings is 1. The molecule has 3 rings (SSSR count). The van der Waals surface area contributed by atoms with Crippen molar-refractivity contribution in [3.05, 3.63) is 40.8 Å². The van der Waals surface area contributed by atoms with Crippen LogP contribution in [-0.4, -0.2) is 52.7 Å². The van der Waals surface area contributed by atoms with E-state index in [-0.39, 0.29) is 5.91 Å². The van der Waals surface area contributed by atoms with Crippen LogP contribution in [0.4, 0.5) is 24.5 Å². The molecule has 2 heterocycles. The van der Waals surface area contributed by atoms with Gasteiger partial charge in [0.05, 0.1) is 18.6 Å². The Labute approximate surface area is 188 Å². The molecule has 176 valence electrons. The van der Waals surface area contributed by atoms with E-state index in [1.54, 1.807) is 11.3 Å². The molecule has 0 saturated carbocycles. The van der Waals surface area contributed by atoms with Gasteiger partial charge in [-0.3, -0.25) is 14.7 Å². The highest BCUT2D eigenvalue weighted by atomic mass is 32.1. The number of anilines is 2. The number of hydrogen-bond acceptors (Lipinski definition) is 6. The number of carbonyl (C=O) groups is 2. The lowest BCUT2D eigenvalue weighted by atomic mass is 10.1. The van der Waals surface area contributed by atoms with Crippen molar-refractivity contribution in [3.63, 3.8) is 0 Å². The first-order valence-electron chi connectivity index (χ1n) is 10.3. The molecule has 0 spiro atoms. The number of aromatic nitrogens is 1. The van der Waals surface area contributed by atoms with Gasteiger partial charge >= 0.3 is 12.1 Å². The van der Waals surface area contributed by atoms with Gasteiger partial charge < -0.3 is 15.7 Å². The second-order valence-corrected chi connectivity index (χ2v) is 8.26. The summed E-state index contributed by atoms with van der Waals surface area (Å²) in [5, 5.41) is 13.5. The van der Waals surface area contributed by atoms with E-state index in [0.29, 0.717) is 6.54 Å². The number of nitrogens with one attached hydrogen (secondary N) is 2. The van der Waals surface area contributed by atoms with E-state index in [0.717, 1.165) is 31.0 Å². The zero-order chi connectivity index (χ0) is 23.4. The summed E-state index contributed by atoms with van der Waals surface area (Å²) in [7, 11) is 0. The molecule has 3 N–H and O–H groups in total. The van der Waals surface area contributed by atoms with Crippen LogP contribution in [0.2, 0.25) is 0 Å². The van der Waals surface area contributed by atoms with Crippen molar-refractivity contribution in [3.8, 4) is 0 Å². The topological polar surface area (TPSA) is 94.6 Å². The van der Waals surface area contributed by atoms with E-state index in [9.17, 15) is 18.0 Å². The number of amides is 1. The molecule has 11 heteroatoms. The number of halogens is 3. The summed E-state index contributed by atoms with van der Waals surface area (Å²) in [6.45, 7) is 3.33. The molecule has 1 aliphatic rings. The van der Waals surface area contributed by atoms with Crippen LogP contribution in [0.5, 0.6) is 0 Å². The first-order valence-corrected chi connectivity index (χ1v) is 11.2. The zero-order valence-electron chi connectivity index (χ0n) is 17.5. The van der Waals surface area contributed by atoms with Crippen LogP contribution in [0.15, 0.2) is 36.0 Å². The quantitative estimate of drug-likeness (QED) is 0.569. The van der Waals surface area contributed by atoms with Gasteiger partial charge in [0, 0.05) is 22.4 Å². The largest absolute Gasteiger partial charge is 0.490 e. The number of aliphatic carboxylic acids is 1. The predicted molar refractivity (Wildman–Crippen MR) is 118 cm³/mol. The van der Waals surface area contributed by atoms with Crippen molar-refractivity contribution >= 4 is 34.6 Å². The Morgan fingerprint density at radius 2 is 1.59 bits per heavy atom. The van der Waals surface area contributed by atoms with Crippen LogP contribution >= 0.6 is 11.3 Å². The van der Waals surface area contributed by atoms with Crippen molar-refractivity contribution in [2.45, 2.75) is 44.8 Å². The molecule has 32 heavy (non-hydrogen) atoms. The minimum absolute atomic E-state index is 0.0749. The van der Waals surface area contributed by atoms with Crippen LogP contribution in [-0.2, 0) is 16.1 Å². The Balaban J connectivity index is 0.000000451. The smallest absolute Gasteiger partial charge is 0.475 e. The maximum absolute atomic E-state index is 12.3. The minimum atomic E-state index is -5.08. The van der Waals surface area contributed by atoms with Crippen LogP contribution < -0.4 is 10.6 Å². The van der Waals surface area contributed by atoms with Crippen LogP contribution in [0.25, 0.3) is 0 Å². The molecular formula is C21H27F3N4O3S. The van der Waals surface area contributed by atoms with Gasteiger partial charge in [-0.05, 0) is 50.2 Å². The highest BCUT2D eigenvalue weighted by Gasteiger charge is 2.38. The van der Waals surface area contributed by atoms with Gasteiger partial charge in [-0.25, -0.2) is 4.79 Å². The fourth-order valence-electron chi connectivity index (χ4n) is 3.06. The maximum atomic E-state index is 12.3. The highest BCUT2D eigenvalue weighted by Crippen LogP contribution is 2.16. The number of carbonyl (C=O) groups excluding carboxylic acids is 1. The number of hydrogen-bond donors (Lipinski definition) is 3. The minimum Gasteiger partial charge on any atom is -0.475 e.